The second-order valence-electron chi connectivity index (χ2n) is 7.12. The van der Waals surface area contributed by atoms with E-state index in [1.807, 2.05) is 30.3 Å². The Balaban J connectivity index is 1.84. The molecule has 4 nitrogen and oxygen atoms in total. The predicted molar refractivity (Wildman–Crippen MR) is 120 cm³/mol. The molecule has 0 aromatic heterocycles. The summed E-state index contributed by atoms with van der Waals surface area (Å²) in [7, 11) is 1.73. The van der Waals surface area contributed by atoms with E-state index in [4.69, 9.17) is 23.2 Å². The second-order valence-corrected chi connectivity index (χ2v) is 7.96. The van der Waals surface area contributed by atoms with Gasteiger partial charge in [0.2, 0.25) is 0 Å². The van der Waals surface area contributed by atoms with Crippen LogP contribution in [0.15, 0.2) is 78.5 Å². The Morgan fingerprint density at radius 1 is 0.903 bits per heavy atom. The average Bonchev–Trinajstić information content (AvgIpc) is 2.99. The van der Waals surface area contributed by atoms with Crippen LogP contribution in [0.5, 0.6) is 0 Å². The summed E-state index contributed by atoms with van der Waals surface area (Å²) in [6, 6.07) is 19.6. The van der Waals surface area contributed by atoms with Crippen LogP contribution >= 0.6 is 23.2 Å². The van der Waals surface area contributed by atoms with Crippen LogP contribution in [0, 0.1) is 5.82 Å². The molecule has 31 heavy (non-hydrogen) atoms. The number of rotatable bonds is 5. The summed E-state index contributed by atoms with van der Waals surface area (Å²) in [5.74, 6) is -1.67. The van der Waals surface area contributed by atoms with E-state index >= 15 is 0 Å². The van der Waals surface area contributed by atoms with Gasteiger partial charge in [0.15, 0.2) is 0 Å². The van der Waals surface area contributed by atoms with E-state index in [9.17, 15) is 14.0 Å². The molecule has 156 valence electrons. The number of hydrogen-bond acceptors (Lipinski definition) is 3. The van der Waals surface area contributed by atoms with Gasteiger partial charge in [-0.05, 0) is 35.9 Å². The van der Waals surface area contributed by atoms with Crippen molar-refractivity contribution in [1.82, 2.24) is 4.90 Å². The summed E-state index contributed by atoms with van der Waals surface area (Å²) in [6.07, 6.45) is 0. The zero-order chi connectivity index (χ0) is 22.1. The lowest BCUT2D eigenvalue weighted by molar-refractivity contribution is -0.120. The molecule has 2 amide bonds. The van der Waals surface area contributed by atoms with E-state index < -0.39 is 17.6 Å². The van der Waals surface area contributed by atoms with Gasteiger partial charge in [-0.2, -0.15) is 0 Å². The van der Waals surface area contributed by atoms with Gasteiger partial charge in [0.25, 0.3) is 11.8 Å². The number of benzene rings is 3. The highest BCUT2D eigenvalue weighted by Gasteiger charge is 2.42. The Morgan fingerprint density at radius 2 is 1.65 bits per heavy atom. The van der Waals surface area contributed by atoms with Crippen molar-refractivity contribution in [2.24, 2.45) is 0 Å². The summed E-state index contributed by atoms with van der Waals surface area (Å²) in [5.41, 5.74) is 1.83. The van der Waals surface area contributed by atoms with Crippen molar-refractivity contribution in [3.05, 3.63) is 105 Å². The summed E-state index contributed by atoms with van der Waals surface area (Å²) in [6.45, 7) is 0.390. The summed E-state index contributed by atoms with van der Waals surface area (Å²) in [5, 5.41) is 0.655. The third-order valence-corrected chi connectivity index (χ3v) is 5.52. The molecular weight excluding hydrogens is 438 g/mol. The van der Waals surface area contributed by atoms with Crippen molar-refractivity contribution in [1.29, 1.82) is 0 Å². The van der Waals surface area contributed by atoms with Crippen molar-refractivity contribution in [3.8, 4) is 0 Å². The monoisotopic (exact) mass is 454 g/mol. The lowest BCUT2D eigenvalue weighted by atomic mass is 10.0. The molecule has 0 atom stereocenters. The number of hydrogen-bond donors (Lipinski definition) is 0. The Kier molecular flexibility index (Phi) is 5.81. The molecule has 0 saturated carbocycles. The van der Waals surface area contributed by atoms with Gasteiger partial charge in [0.1, 0.15) is 11.5 Å². The van der Waals surface area contributed by atoms with Gasteiger partial charge in [-0.3, -0.25) is 9.59 Å². The van der Waals surface area contributed by atoms with Crippen molar-refractivity contribution in [3.63, 3.8) is 0 Å². The molecule has 0 unspecified atom stereocenters. The maximum absolute atomic E-state index is 13.8. The minimum absolute atomic E-state index is 0.148. The van der Waals surface area contributed by atoms with Gasteiger partial charge in [-0.1, -0.05) is 65.7 Å². The molecule has 0 aliphatic carbocycles. The Hall–Kier alpha value is -3.15. The van der Waals surface area contributed by atoms with Crippen LogP contribution < -0.4 is 4.90 Å². The van der Waals surface area contributed by atoms with E-state index in [2.05, 4.69) is 0 Å². The molecule has 1 heterocycles. The highest BCUT2D eigenvalue weighted by atomic mass is 35.5. The zero-order valence-electron chi connectivity index (χ0n) is 16.5. The largest absolute Gasteiger partial charge is 0.365 e. The molecular formula is C24H17Cl2FN2O2. The number of anilines is 1. The van der Waals surface area contributed by atoms with Crippen LogP contribution in [0.4, 0.5) is 10.1 Å². The molecule has 0 N–H and O–H groups in total. The van der Waals surface area contributed by atoms with Gasteiger partial charge in [0.05, 0.1) is 16.3 Å². The SMILES string of the molecule is CN(Cc1ccccc1)C1=C(c2ccc(Cl)cc2Cl)C(=O)N(c2cccc(F)c2)C1=O. The van der Waals surface area contributed by atoms with Gasteiger partial charge in [-0.25, -0.2) is 9.29 Å². The fraction of sp³-hybridized carbons (Fsp3) is 0.0833. The standard InChI is InChI=1S/C24H17Cl2FN2O2/c1-28(14-15-6-3-2-4-7-15)22-21(19-11-10-16(25)12-20(19)26)23(30)29(24(22)31)18-9-5-8-17(27)13-18/h2-13H,14H2,1H3. The minimum atomic E-state index is -0.574. The second kappa shape index (κ2) is 8.53. The lowest BCUT2D eigenvalue weighted by Crippen LogP contribution is -2.34. The molecule has 0 radical (unpaired) electrons. The number of nitrogens with zero attached hydrogens (tertiary/aromatic N) is 2. The molecule has 3 aromatic rings. The molecule has 0 fully saturated rings. The first-order chi connectivity index (χ1) is 14.9. The van der Waals surface area contributed by atoms with E-state index in [0.29, 0.717) is 17.1 Å². The smallest absolute Gasteiger partial charge is 0.282 e. The normalized spacial score (nSPS) is 13.9. The molecule has 1 aliphatic heterocycles. The van der Waals surface area contributed by atoms with E-state index in [0.717, 1.165) is 16.5 Å². The number of halogens is 3. The third-order valence-electron chi connectivity index (χ3n) is 4.97. The van der Waals surface area contributed by atoms with Gasteiger partial charge in [-0.15, -0.1) is 0 Å². The lowest BCUT2D eigenvalue weighted by Gasteiger charge is -2.21. The van der Waals surface area contributed by atoms with E-state index in [1.165, 1.54) is 24.3 Å². The van der Waals surface area contributed by atoms with Crippen LogP contribution in [0.1, 0.15) is 11.1 Å². The van der Waals surface area contributed by atoms with Gasteiger partial charge >= 0.3 is 0 Å². The van der Waals surface area contributed by atoms with Crippen LogP contribution in [-0.4, -0.2) is 23.8 Å². The van der Waals surface area contributed by atoms with Crippen LogP contribution in [0.25, 0.3) is 5.57 Å². The highest BCUT2D eigenvalue weighted by Crippen LogP contribution is 2.38. The maximum atomic E-state index is 13.8. The summed E-state index contributed by atoms with van der Waals surface area (Å²) >= 11 is 12.4. The quantitative estimate of drug-likeness (QED) is 0.474. The molecule has 0 bridgehead atoms. The van der Waals surface area contributed by atoms with Crippen LogP contribution in [-0.2, 0) is 16.1 Å². The topological polar surface area (TPSA) is 40.6 Å². The number of carbonyl (C=O) groups is 2. The number of amides is 2. The van der Waals surface area contributed by atoms with Crippen molar-refractivity contribution in [2.45, 2.75) is 6.54 Å². The van der Waals surface area contributed by atoms with Gasteiger partial charge < -0.3 is 4.90 Å². The first-order valence-electron chi connectivity index (χ1n) is 9.46. The molecule has 0 saturated heterocycles. The zero-order valence-corrected chi connectivity index (χ0v) is 18.0. The molecule has 4 rings (SSSR count). The fourth-order valence-corrected chi connectivity index (χ4v) is 4.10. The number of imide groups is 1. The third kappa shape index (κ3) is 4.07. The summed E-state index contributed by atoms with van der Waals surface area (Å²) < 4.78 is 13.8. The van der Waals surface area contributed by atoms with E-state index in [-0.39, 0.29) is 22.0 Å². The number of carbonyl (C=O) groups excluding carboxylic acids is 2. The first-order valence-corrected chi connectivity index (χ1v) is 10.2. The van der Waals surface area contributed by atoms with E-state index in [1.54, 1.807) is 24.1 Å². The van der Waals surface area contributed by atoms with Gasteiger partial charge in [0, 0.05) is 24.2 Å². The Labute approximate surface area is 189 Å². The highest BCUT2D eigenvalue weighted by molar-refractivity contribution is 6.47. The van der Waals surface area contributed by atoms with Crippen molar-refractivity contribution < 1.29 is 14.0 Å². The minimum Gasteiger partial charge on any atom is -0.365 e. The first kappa shape index (κ1) is 21.1. The predicted octanol–water partition coefficient (Wildman–Crippen LogP) is 5.55. The Morgan fingerprint density at radius 3 is 2.32 bits per heavy atom. The van der Waals surface area contributed by atoms with Crippen molar-refractivity contribution >= 4 is 46.3 Å². The number of likely N-dealkylation sites (N-methyl/N-ethyl adjacent to an activating group) is 1. The molecule has 1 aliphatic rings. The fourth-order valence-electron chi connectivity index (χ4n) is 3.59. The maximum Gasteiger partial charge on any atom is 0.282 e. The van der Waals surface area contributed by atoms with Crippen LogP contribution in [0.3, 0.4) is 0 Å². The average molecular weight is 455 g/mol. The molecule has 0 spiro atoms. The summed E-state index contributed by atoms with van der Waals surface area (Å²) in [4.78, 5) is 29.6. The Bertz CT molecular complexity index is 1210. The molecule has 3 aromatic carbocycles. The van der Waals surface area contributed by atoms with Crippen molar-refractivity contribution in [2.75, 3.05) is 11.9 Å². The molecule has 7 heteroatoms. The van der Waals surface area contributed by atoms with Crippen LogP contribution in [0.2, 0.25) is 10.0 Å².